The van der Waals surface area contributed by atoms with Gasteiger partial charge in [0.25, 0.3) is 0 Å². The van der Waals surface area contributed by atoms with E-state index in [9.17, 15) is 14.7 Å². The predicted octanol–water partition coefficient (Wildman–Crippen LogP) is 3.29. The van der Waals surface area contributed by atoms with E-state index < -0.39 is 29.4 Å². The maximum Gasteiger partial charge on any atom is 0.224 e. The van der Waals surface area contributed by atoms with Crippen LogP contribution in [-0.4, -0.2) is 63.0 Å². The van der Waals surface area contributed by atoms with E-state index >= 15 is 0 Å². The Morgan fingerprint density at radius 1 is 1.03 bits per heavy atom. The molecule has 0 bridgehead atoms. The van der Waals surface area contributed by atoms with Crippen LogP contribution in [0.5, 0.6) is 11.5 Å². The molecule has 9 nitrogen and oxygen atoms in total. The third kappa shape index (κ3) is 11.7. The number of primary amides is 1. The van der Waals surface area contributed by atoms with Crippen molar-refractivity contribution in [3.8, 4) is 11.5 Å². The molecule has 6 N–H and O–H groups in total. The first-order valence-corrected chi connectivity index (χ1v) is 14.0. The monoisotopic (exact) mass is 551 g/mol. The number of hydrogen-bond donors (Lipinski definition) is 4. The molecule has 1 rings (SSSR count). The number of aliphatic hydroxyl groups is 1. The molecule has 0 aliphatic rings. The Kier molecular flexibility index (Phi) is 14.8. The highest BCUT2D eigenvalue weighted by molar-refractivity contribution is 5.83. The number of nitrogens with two attached hydrogens (primary N) is 2. The topological polar surface area (TPSA) is 146 Å². The van der Waals surface area contributed by atoms with Gasteiger partial charge in [-0.05, 0) is 68.6 Å². The van der Waals surface area contributed by atoms with Gasteiger partial charge in [-0.3, -0.25) is 9.59 Å². The van der Waals surface area contributed by atoms with Crippen LogP contribution in [0.3, 0.4) is 0 Å². The third-order valence-electron chi connectivity index (χ3n) is 7.50. The van der Waals surface area contributed by atoms with Crippen molar-refractivity contribution < 1.29 is 28.9 Å². The summed E-state index contributed by atoms with van der Waals surface area (Å²) in [5.41, 5.74) is 12.2. The smallest absolute Gasteiger partial charge is 0.224 e. The van der Waals surface area contributed by atoms with Crippen LogP contribution in [0.15, 0.2) is 18.2 Å². The molecular weight excluding hydrogens is 498 g/mol. The van der Waals surface area contributed by atoms with Crippen molar-refractivity contribution in [1.82, 2.24) is 5.32 Å². The first-order chi connectivity index (χ1) is 18.2. The summed E-state index contributed by atoms with van der Waals surface area (Å²) < 4.78 is 16.5. The van der Waals surface area contributed by atoms with Gasteiger partial charge in [-0.25, -0.2) is 0 Å². The highest BCUT2D eigenvalue weighted by atomic mass is 16.5. The zero-order valence-corrected chi connectivity index (χ0v) is 25.3. The van der Waals surface area contributed by atoms with E-state index in [1.54, 1.807) is 28.1 Å². The summed E-state index contributed by atoms with van der Waals surface area (Å²) in [6.07, 6.45) is 1.56. The average Bonchev–Trinajstić information content (AvgIpc) is 2.87. The Morgan fingerprint density at radius 3 is 2.23 bits per heavy atom. The zero-order valence-electron chi connectivity index (χ0n) is 25.3. The number of aliphatic hydroxyl groups excluding tert-OH is 1. The van der Waals surface area contributed by atoms with E-state index in [1.165, 1.54) is 0 Å². The lowest BCUT2D eigenvalue weighted by Gasteiger charge is -2.30. The van der Waals surface area contributed by atoms with Crippen molar-refractivity contribution in [3.05, 3.63) is 23.8 Å². The van der Waals surface area contributed by atoms with E-state index in [2.05, 4.69) is 19.2 Å². The Bertz CT molecular complexity index is 889. The molecule has 0 fully saturated rings. The zero-order chi connectivity index (χ0) is 29.8. The van der Waals surface area contributed by atoms with E-state index in [0.717, 1.165) is 18.4 Å². The summed E-state index contributed by atoms with van der Waals surface area (Å²) in [6.45, 7) is 12.9. The number of rotatable bonds is 19. The van der Waals surface area contributed by atoms with Gasteiger partial charge in [0.1, 0.15) is 0 Å². The summed E-state index contributed by atoms with van der Waals surface area (Å²) >= 11 is 0. The fraction of sp³-hybridized carbons (Fsp3) is 0.733. The molecule has 224 valence electrons. The summed E-state index contributed by atoms with van der Waals surface area (Å²) in [4.78, 5) is 24.5. The lowest BCUT2D eigenvalue weighted by atomic mass is 9.80. The number of carbonyl (C=O) groups is 2. The molecule has 0 aliphatic heterocycles. The molecule has 39 heavy (non-hydrogen) atoms. The summed E-state index contributed by atoms with van der Waals surface area (Å²) in [7, 11) is 3.29. The van der Waals surface area contributed by atoms with Gasteiger partial charge in [-0.15, -0.1) is 0 Å². The number of amides is 2. The number of hydrogen-bond acceptors (Lipinski definition) is 7. The SMILES string of the molecule is COCCCOc1cc(C[C@H](C[C@H](N)[C@@H](O)C[C@@H](C(=O)NCC(C)(C)C(N)=O)C(C)C)C(C)C)ccc1OC. The van der Waals surface area contributed by atoms with Crippen molar-refractivity contribution in [2.75, 3.05) is 34.0 Å². The lowest BCUT2D eigenvalue weighted by molar-refractivity contribution is -0.130. The second-order valence-corrected chi connectivity index (χ2v) is 11.9. The Morgan fingerprint density at radius 2 is 1.69 bits per heavy atom. The van der Waals surface area contributed by atoms with Gasteiger partial charge < -0.3 is 36.1 Å². The second kappa shape index (κ2) is 16.7. The van der Waals surface area contributed by atoms with Crippen LogP contribution in [0, 0.1) is 29.1 Å². The molecule has 0 saturated heterocycles. The summed E-state index contributed by atoms with van der Waals surface area (Å²) in [6, 6.07) is 5.47. The van der Waals surface area contributed by atoms with Crippen LogP contribution in [0.2, 0.25) is 0 Å². The fourth-order valence-corrected chi connectivity index (χ4v) is 4.39. The molecule has 0 unspecified atom stereocenters. The fourth-order valence-electron chi connectivity index (χ4n) is 4.39. The minimum absolute atomic E-state index is 0.00829. The van der Waals surface area contributed by atoms with E-state index in [0.29, 0.717) is 37.1 Å². The molecule has 1 aromatic carbocycles. The number of methoxy groups -OCH3 is 2. The van der Waals surface area contributed by atoms with Crippen LogP contribution < -0.4 is 26.3 Å². The summed E-state index contributed by atoms with van der Waals surface area (Å²) in [5, 5.41) is 13.9. The molecule has 0 aromatic heterocycles. The minimum Gasteiger partial charge on any atom is -0.493 e. The number of ether oxygens (including phenoxy) is 3. The van der Waals surface area contributed by atoms with Crippen molar-refractivity contribution in [1.29, 1.82) is 0 Å². The normalized spacial score (nSPS) is 15.1. The van der Waals surface area contributed by atoms with Crippen LogP contribution in [0.1, 0.15) is 66.4 Å². The van der Waals surface area contributed by atoms with Crippen LogP contribution in [0.4, 0.5) is 0 Å². The van der Waals surface area contributed by atoms with E-state index in [-0.39, 0.29) is 30.7 Å². The minimum atomic E-state index is -0.854. The lowest BCUT2D eigenvalue weighted by Crippen LogP contribution is -2.46. The number of benzene rings is 1. The van der Waals surface area contributed by atoms with E-state index in [4.69, 9.17) is 25.7 Å². The molecule has 0 radical (unpaired) electrons. The molecule has 2 amide bonds. The quantitative estimate of drug-likeness (QED) is 0.193. The molecule has 0 spiro atoms. The van der Waals surface area contributed by atoms with Crippen molar-refractivity contribution >= 4 is 11.8 Å². The van der Waals surface area contributed by atoms with Crippen LogP contribution in [-0.2, 0) is 20.7 Å². The van der Waals surface area contributed by atoms with Crippen molar-refractivity contribution in [3.63, 3.8) is 0 Å². The van der Waals surface area contributed by atoms with Gasteiger partial charge in [0.2, 0.25) is 11.8 Å². The highest BCUT2D eigenvalue weighted by Gasteiger charge is 2.32. The first kappa shape index (κ1) is 34.7. The number of nitrogens with one attached hydrogen (secondary N) is 1. The van der Waals surface area contributed by atoms with Crippen molar-refractivity contribution in [2.45, 2.75) is 79.4 Å². The van der Waals surface area contributed by atoms with E-state index in [1.807, 2.05) is 32.0 Å². The Labute approximate surface area is 235 Å². The van der Waals surface area contributed by atoms with Gasteiger partial charge in [0.15, 0.2) is 11.5 Å². The Hall–Kier alpha value is -2.36. The standard InChI is InChI=1S/C30H53N3O6/c1-19(2)22(14-21-10-11-26(38-8)27(15-21)39-13-9-12-37-7)16-24(31)25(34)17-23(20(3)4)28(35)33-18-30(5,6)29(32)36/h10-11,15,19-20,22-25,34H,9,12-14,16-18,31H2,1-8H3,(H2,32,36)(H,33,35)/t22-,23-,24+,25+/m1/s1. The average molecular weight is 552 g/mol. The molecular formula is C30H53N3O6. The third-order valence-corrected chi connectivity index (χ3v) is 7.50. The van der Waals surface area contributed by atoms with Gasteiger partial charge in [-0.1, -0.05) is 33.8 Å². The van der Waals surface area contributed by atoms with Crippen molar-refractivity contribution in [2.24, 2.45) is 40.6 Å². The Balaban J connectivity index is 2.87. The molecule has 0 aliphatic carbocycles. The second-order valence-electron chi connectivity index (χ2n) is 11.9. The maximum atomic E-state index is 12.9. The summed E-state index contributed by atoms with van der Waals surface area (Å²) in [5.74, 6) is 0.792. The first-order valence-electron chi connectivity index (χ1n) is 14.0. The van der Waals surface area contributed by atoms with Gasteiger partial charge in [0.05, 0.1) is 25.2 Å². The van der Waals surface area contributed by atoms with Gasteiger partial charge in [-0.2, -0.15) is 0 Å². The molecule has 4 atom stereocenters. The van der Waals surface area contributed by atoms with Crippen LogP contribution >= 0.6 is 0 Å². The predicted molar refractivity (Wildman–Crippen MR) is 155 cm³/mol. The van der Waals surface area contributed by atoms with Gasteiger partial charge >= 0.3 is 0 Å². The van der Waals surface area contributed by atoms with Crippen LogP contribution in [0.25, 0.3) is 0 Å². The highest BCUT2D eigenvalue weighted by Crippen LogP contribution is 2.32. The number of carbonyl (C=O) groups excluding carboxylic acids is 2. The molecule has 9 heteroatoms. The molecule has 0 saturated carbocycles. The maximum absolute atomic E-state index is 12.9. The molecule has 0 heterocycles. The van der Waals surface area contributed by atoms with Gasteiger partial charge in [0, 0.05) is 38.6 Å². The molecule has 1 aromatic rings. The largest absolute Gasteiger partial charge is 0.493 e.